The van der Waals surface area contributed by atoms with Gasteiger partial charge in [-0.1, -0.05) is 13.3 Å². The third kappa shape index (κ3) is 3.97. The molecule has 1 aliphatic rings. The smallest absolute Gasteiger partial charge is 0.253 e. The van der Waals surface area contributed by atoms with Gasteiger partial charge in [0, 0.05) is 18.7 Å². The van der Waals surface area contributed by atoms with Gasteiger partial charge in [0.05, 0.1) is 12.7 Å². The van der Waals surface area contributed by atoms with Crippen LogP contribution in [0.15, 0.2) is 24.3 Å². The first-order valence-electron chi connectivity index (χ1n) is 7.41. The molecule has 0 bridgehead atoms. The number of rotatable bonds is 5. The zero-order valence-corrected chi connectivity index (χ0v) is 12.0. The normalized spacial score (nSPS) is 18.9. The van der Waals surface area contributed by atoms with Crippen LogP contribution >= 0.6 is 0 Å². The standard InChI is InChI=1S/C16H23NO3/c1-2-3-11-20-15-8-6-13(7-9-15)16(19)17-10-4-5-14(18)12-17/h6-9,14,18H,2-5,10-12H2,1H3/t14-/m0/s1. The Balaban J connectivity index is 1.93. The summed E-state index contributed by atoms with van der Waals surface area (Å²) in [7, 11) is 0. The fourth-order valence-corrected chi connectivity index (χ4v) is 2.35. The number of unbranched alkanes of at least 4 members (excludes halogenated alkanes) is 1. The Morgan fingerprint density at radius 1 is 1.40 bits per heavy atom. The van der Waals surface area contributed by atoms with Crippen LogP contribution in [0.25, 0.3) is 0 Å². The number of piperidine rings is 1. The van der Waals surface area contributed by atoms with Crippen molar-refractivity contribution in [1.29, 1.82) is 0 Å². The topological polar surface area (TPSA) is 49.8 Å². The van der Waals surface area contributed by atoms with Crippen molar-refractivity contribution in [3.8, 4) is 5.75 Å². The van der Waals surface area contributed by atoms with Crippen molar-refractivity contribution >= 4 is 5.91 Å². The van der Waals surface area contributed by atoms with Crippen LogP contribution in [0.2, 0.25) is 0 Å². The average molecular weight is 277 g/mol. The fraction of sp³-hybridized carbons (Fsp3) is 0.562. The van der Waals surface area contributed by atoms with E-state index in [1.165, 1.54) is 0 Å². The highest BCUT2D eigenvalue weighted by Crippen LogP contribution is 2.17. The third-order valence-electron chi connectivity index (χ3n) is 3.55. The Morgan fingerprint density at radius 2 is 2.15 bits per heavy atom. The van der Waals surface area contributed by atoms with Gasteiger partial charge in [-0.15, -0.1) is 0 Å². The molecule has 0 spiro atoms. The predicted octanol–water partition coefficient (Wildman–Crippen LogP) is 2.46. The molecule has 0 unspecified atom stereocenters. The fourth-order valence-electron chi connectivity index (χ4n) is 2.35. The van der Waals surface area contributed by atoms with E-state index in [2.05, 4.69) is 6.92 Å². The minimum absolute atomic E-state index is 0.0103. The maximum absolute atomic E-state index is 12.3. The van der Waals surface area contributed by atoms with E-state index in [-0.39, 0.29) is 12.0 Å². The quantitative estimate of drug-likeness (QED) is 0.841. The summed E-state index contributed by atoms with van der Waals surface area (Å²) in [6.45, 7) is 4.00. The SMILES string of the molecule is CCCCOc1ccc(C(=O)N2CCC[C@H](O)C2)cc1. The number of nitrogens with zero attached hydrogens (tertiary/aromatic N) is 1. The monoisotopic (exact) mass is 277 g/mol. The molecule has 0 radical (unpaired) electrons. The Bertz CT molecular complexity index is 430. The van der Waals surface area contributed by atoms with Crippen molar-refractivity contribution in [1.82, 2.24) is 4.90 Å². The molecule has 0 aliphatic carbocycles. The largest absolute Gasteiger partial charge is 0.494 e. The molecule has 1 aromatic rings. The molecule has 1 saturated heterocycles. The van der Waals surface area contributed by atoms with E-state index in [0.717, 1.165) is 38.0 Å². The summed E-state index contributed by atoms with van der Waals surface area (Å²) in [6, 6.07) is 7.27. The molecular formula is C16H23NO3. The zero-order valence-electron chi connectivity index (χ0n) is 12.0. The van der Waals surface area contributed by atoms with E-state index in [1.807, 2.05) is 12.1 Å². The number of aliphatic hydroxyl groups is 1. The van der Waals surface area contributed by atoms with Gasteiger partial charge in [0.2, 0.25) is 0 Å². The number of carbonyl (C=O) groups excluding carboxylic acids is 1. The Hall–Kier alpha value is -1.55. The van der Waals surface area contributed by atoms with Gasteiger partial charge >= 0.3 is 0 Å². The van der Waals surface area contributed by atoms with Crippen LogP contribution in [0.5, 0.6) is 5.75 Å². The first-order chi connectivity index (χ1) is 9.70. The number of hydrogen-bond acceptors (Lipinski definition) is 3. The van der Waals surface area contributed by atoms with Gasteiger partial charge in [-0.05, 0) is 43.5 Å². The van der Waals surface area contributed by atoms with Crippen LogP contribution in [0.4, 0.5) is 0 Å². The second kappa shape index (κ2) is 7.29. The minimum atomic E-state index is -0.385. The molecule has 1 fully saturated rings. The number of benzene rings is 1. The van der Waals surface area contributed by atoms with E-state index in [9.17, 15) is 9.90 Å². The first-order valence-corrected chi connectivity index (χ1v) is 7.41. The van der Waals surface area contributed by atoms with Crippen LogP contribution in [-0.2, 0) is 0 Å². The molecule has 4 nitrogen and oxygen atoms in total. The lowest BCUT2D eigenvalue weighted by atomic mass is 10.1. The molecular weight excluding hydrogens is 254 g/mol. The maximum atomic E-state index is 12.3. The van der Waals surface area contributed by atoms with Crippen molar-refractivity contribution in [3.05, 3.63) is 29.8 Å². The second-order valence-electron chi connectivity index (χ2n) is 5.27. The van der Waals surface area contributed by atoms with Crippen molar-refractivity contribution in [2.45, 2.75) is 38.7 Å². The highest BCUT2D eigenvalue weighted by Gasteiger charge is 2.22. The van der Waals surface area contributed by atoms with E-state index in [1.54, 1.807) is 17.0 Å². The number of carbonyl (C=O) groups is 1. The number of amides is 1. The van der Waals surface area contributed by atoms with Crippen LogP contribution < -0.4 is 4.74 Å². The van der Waals surface area contributed by atoms with Gasteiger partial charge < -0.3 is 14.7 Å². The van der Waals surface area contributed by atoms with Gasteiger partial charge in [-0.2, -0.15) is 0 Å². The summed E-state index contributed by atoms with van der Waals surface area (Å²) in [5, 5.41) is 9.63. The average Bonchev–Trinajstić information content (AvgIpc) is 2.47. The lowest BCUT2D eigenvalue weighted by molar-refractivity contribution is 0.0473. The zero-order chi connectivity index (χ0) is 14.4. The first kappa shape index (κ1) is 14.9. The summed E-state index contributed by atoms with van der Waals surface area (Å²) in [5.41, 5.74) is 0.655. The van der Waals surface area contributed by atoms with Gasteiger partial charge in [0.25, 0.3) is 5.91 Å². The highest BCUT2D eigenvalue weighted by molar-refractivity contribution is 5.94. The minimum Gasteiger partial charge on any atom is -0.494 e. The van der Waals surface area contributed by atoms with Gasteiger partial charge in [0.1, 0.15) is 5.75 Å². The molecule has 1 atom stereocenters. The molecule has 1 aliphatic heterocycles. The number of β-amino-alcohol motifs (C(OH)–C–C–N with tert-alkyl or cyclic N) is 1. The molecule has 0 saturated carbocycles. The predicted molar refractivity (Wildman–Crippen MR) is 78.0 cm³/mol. The molecule has 1 amide bonds. The number of likely N-dealkylation sites (tertiary alicyclic amines) is 1. The lowest BCUT2D eigenvalue weighted by Crippen LogP contribution is -2.42. The van der Waals surface area contributed by atoms with E-state index in [0.29, 0.717) is 18.7 Å². The molecule has 110 valence electrons. The summed E-state index contributed by atoms with van der Waals surface area (Å²) in [6.07, 6.45) is 3.41. The van der Waals surface area contributed by atoms with Crippen LogP contribution in [0.1, 0.15) is 43.0 Å². The van der Waals surface area contributed by atoms with Crippen molar-refractivity contribution in [3.63, 3.8) is 0 Å². The Morgan fingerprint density at radius 3 is 2.80 bits per heavy atom. The van der Waals surface area contributed by atoms with Crippen molar-refractivity contribution in [2.24, 2.45) is 0 Å². The Labute approximate surface area is 120 Å². The van der Waals surface area contributed by atoms with E-state index in [4.69, 9.17) is 4.74 Å². The van der Waals surface area contributed by atoms with E-state index < -0.39 is 0 Å². The Kier molecular flexibility index (Phi) is 5.41. The molecule has 1 N–H and O–H groups in total. The number of hydrogen-bond donors (Lipinski definition) is 1. The molecule has 20 heavy (non-hydrogen) atoms. The molecule has 2 rings (SSSR count). The molecule has 1 heterocycles. The van der Waals surface area contributed by atoms with Crippen molar-refractivity contribution < 1.29 is 14.6 Å². The van der Waals surface area contributed by atoms with Gasteiger partial charge in [-0.3, -0.25) is 4.79 Å². The highest BCUT2D eigenvalue weighted by atomic mass is 16.5. The van der Waals surface area contributed by atoms with Crippen LogP contribution in [-0.4, -0.2) is 41.7 Å². The van der Waals surface area contributed by atoms with Crippen molar-refractivity contribution in [2.75, 3.05) is 19.7 Å². The number of aliphatic hydroxyl groups excluding tert-OH is 1. The third-order valence-corrected chi connectivity index (χ3v) is 3.55. The molecule has 1 aromatic carbocycles. The summed E-state index contributed by atoms with van der Waals surface area (Å²) < 4.78 is 5.58. The number of ether oxygens (including phenoxy) is 1. The molecule has 0 aromatic heterocycles. The van der Waals surface area contributed by atoms with Crippen LogP contribution in [0, 0.1) is 0 Å². The van der Waals surface area contributed by atoms with Gasteiger partial charge in [0.15, 0.2) is 0 Å². The van der Waals surface area contributed by atoms with E-state index >= 15 is 0 Å². The van der Waals surface area contributed by atoms with Gasteiger partial charge in [-0.25, -0.2) is 0 Å². The summed E-state index contributed by atoms with van der Waals surface area (Å²) in [4.78, 5) is 14.0. The molecule has 4 heteroatoms. The summed E-state index contributed by atoms with van der Waals surface area (Å²) >= 11 is 0. The summed E-state index contributed by atoms with van der Waals surface area (Å²) in [5.74, 6) is 0.789. The van der Waals surface area contributed by atoms with Crippen LogP contribution in [0.3, 0.4) is 0 Å². The second-order valence-corrected chi connectivity index (χ2v) is 5.27. The maximum Gasteiger partial charge on any atom is 0.253 e. The lowest BCUT2D eigenvalue weighted by Gasteiger charge is -2.30.